The molecular formula is C14H22N2S. The van der Waals surface area contributed by atoms with Crippen LogP contribution in [0.2, 0.25) is 0 Å². The summed E-state index contributed by atoms with van der Waals surface area (Å²) in [6.07, 6.45) is 3.32. The summed E-state index contributed by atoms with van der Waals surface area (Å²) in [6.45, 7) is 6.87. The molecule has 1 fully saturated rings. The molecule has 1 aliphatic heterocycles. The predicted molar refractivity (Wildman–Crippen MR) is 75.7 cm³/mol. The largest absolute Gasteiger partial charge is 0.314 e. The second kappa shape index (κ2) is 6.43. The van der Waals surface area contributed by atoms with Crippen molar-refractivity contribution in [2.75, 3.05) is 32.4 Å². The van der Waals surface area contributed by atoms with Gasteiger partial charge in [-0.05, 0) is 30.4 Å². The van der Waals surface area contributed by atoms with Crippen molar-refractivity contribution in [2.24, 2.45) is 0 Å². The molecule has 17 heavy (non-hydrogen) atoms. The van der Waals surface area contributed by atoms with Crippen LogP contribution in [0.25, 0.3) is 0 Å². The zero-order chi connectivity index (χ0) is 12.1. The van der Waals surface area contributed by atoms with E-state index < -0.39 is 0 Å². The van der Waals surface area contributed by atoms with Gasteiger partial charge in [-0.2, -0.15) is 0 Å². The average Bonchev–Trinajstić information content (AvgIpc) is 2.42. The smallest absolute Gasteiger partial charge is 0.0346 e. The van der Waals surface area contributed by atoms with Crippen molar-refractivity contribution in [1.82, 2.24) is 10.2 Å². The number of hydrogen-bond acceptors (Lipinski definition) is 3. The SMILES string of the molecule is CC[C@H](c1ccc(SC)cc1)N1CCNCC1. The number of rotatable bonds is 4. The Morgan fingerprint density at radius 3 is 2.41 bits per heavy atom. The van der Waals surface area contributed by atoms with Gasteiger partial charge < -0.3 is 5.32 Å². The van der Waals surface area contributed by atoms with Crippen molar-refractivity contribution in [3.63, 3.8) is 0 Å². The van der Waals surface area contributed by atoms with Gasteiger partial charge >= 0.3 is 0 Å². The van der Waals surface area contributed by atoms with Gasteiger partial charge in [-0.15, -0.1) is 11.8 Å². The number of nitrogens with one attached hydrogen (secondary N) is 1. The second-order valence-corrected chi connectivity index (χ2v) is 5.36. The van der Waals surface area contributed by atoms with Crippen molar-refractivity contribution >= 4 is 11.8 Å². The molecule has 0 spiro atoms. The van der Waals surface area contributed by atoms with Crippen molar-refractivity contribution in [1.29, 1.82) is 0 Å². The van der Waals surface area contributed by atoms with E-state index in [-0.39, 0.29) is 0 Å². The van der Waals surface area contributed by atoms with Crippen LogP contribution in [-0.2, 0) is 0 Å². The third-order valence-electron chi connectivity index (χ3n) is 3.48. The van der Waals surface area contributed by atoms with Crippen molar-refractivity contribution in [3.05, 3.63) is 29.8 Å². The highest BCUT2D eigenvalue weighted by Gasteiger charge is 2.20. The van der Waals surface area contributed by atoms with Crippen LogP contribution in [-0.4, -0.2) is 37.3 Å². The van der Waals surface area contributed by atoms with Gasteiger partial charge in [0.25, 0.3) is 0 Å². The van der Waals surface area contributed by atoms with E-state index in [0.717, 1.165) is 13.1 Å². The Bertz CT molecular complexity index is 331. The fourth-order valence-electron chi connectivity index (χ4n) is 2.52. The van der Waals surface area contributed by atoms with E-state index >= 15 is 0 Å². The van der Waals surface area contributed by atoms with E-state index in [1.165, 1.54) is 30.0 Å². The highest BCUT2D eigenvalue weighted by molar-refractivity contribution is 7.98. The van der Waals surface area contributed by atoms with Crippen LogP contribution in [0, 0.1) is 0 Å². The Morgan fingerprint density at radius 2 is 1.88 bits per heavy atom. The molecule has 0 aromatic heterocycles. The van der Waals surface area contributed by atoms with Crippen LogP contribution in [0.1, 0.15) is 24.9 Å². The monoisotopic (exact) mass is 250 g/mol. The Morgan fingerprint density at radius 1 is 1.24 bits per heavy atom. The molecule has 1 atom stereocenters. The Balaban J connectivity index is 2.10. The minimum atomic E-state index is 0.591. The van der Waals surface area contributed by atoms with E-state index in [1.807, 2.05) is 11.8 Å². The molecule has 0 bridgehead atoms. The summed E-state index contributed by atoms with van der Waals surface area (Å²) in [6, 6.07) is 9.66. The van der Waals surface area contributed by atoms with E-state index in [9.17, 15) is 0 Å². The number of hydrogen-bond donors (Lipinski definition) is 1. The minimum Gasteiger partial charge on any atom is -0.314 e. The minimum absolute atomic E-state index is 0.591. The van der Waals surface area contributed by atoms with E-state index in [4.69, 9.17) is 0 Å². The van der Waals surface area contributed by atoms with Crippen LogP contribution < -0.4 is 5.32 Å². The zero-order valence-corrected chi connectivity index (χ0v) is 11.6. The lowest BCUT2D eigenvalue weighted by Crippen LogP contribution is -2.45. The summed E-state index contributed by atoms with van der Waals surface area (Å²) in [5.74, 6) is 0. The standard InChI is InChI=1S/C14H22N2S/c1-3-14(16-10-8-15-9-11-16)12-4-6-13(17-2)7-5-12/h4-7,14-15H,3,8-11H2,1-2H3/t14-/m1/s1. The molecule has 0 amide bonds. The van der Waals surface area contributed by atoms with Gasteiger partial charge in [0.15, 0.2) is 0 Å². The van der Waals surface area contributed by atoms with Gasteiger partial charge in [0.05, 0.1) is 0 Å². The lowest BCUT2D eigenvalue weighted by atomic mass is 10.0. The molecule has 1 aromatic carbocycles. The van der Waals surface area contributed by atoms with E-state index in [2.05, 4.69) is 47.7 Å². The molecule has 1 heterocycles. The third-order valence-corrected chi connectivity index (χ3v) is 4.22. The van der Waals surface area contributed by atoms with Gasteiger partial charge in [-0.3, -0.25) is 4.90 Å². The first-order chi connectivity index (χ1) is 8.35. The molecule has 3 heteroatoms. The zero-order valence-electron chi connectivity index (χ0n) is 10.8. The highest BCUT2D eigenvalue weighted by Crippen LogP contribution is 2.26. The van der Waals surface area contributed by atoms with Gasteiger partial charge in [0.1, 0.15) is 0 Å². The third kappa shape index (κ3) is 3.24. The fraction of sp³-hybridized carbons (Fsp3) is 0.571. The first kappa shape index (κ1) is 12.9. The van der Waals surface area contributed by atoms with E-state index in [0.29, 0.717) is 6.04 Å². The summed E-state index contributed by atoms with van der Waals surface area (Å²) < 4.78 is 0. The van der Waals surface area contributed by atoms with Crippen LogP contribution in [0.4, 0.5) is 0 Å². The van der Waals surface area contributed by atoms with Gasteiger partial charge in [0.2, 0.25) is 0 Å². The molecule has 1 aliphatic rings. The lowest BCUT2D eigenvalue weighted by Gasteiger charge is -2.34. The van der Waals surface area contributed by atoms with Crippen LogP contribution in [0.3, 0.4) is 0 Å². The molecule has 2 nitrogen and oxygen atoms in total. The molecule has 0 radical (unpaired) electrons. The van der Waals surface area contributed by atoms with Crippen molar-refractivity contribution < 1.29 is 0 Å². The Hall–Kier alpha value is -0.510. The molecule has 1 saturated heterocycles. The average molecular weight is 250 g/mol. The molecule has 2 rings (SSSR count). The van der Waals surface area contributed by atoms with Crippen LogP contribution >= 0.6 is 11.8 Å². The Kier molecular flexibility index (Phi) is 4.89. The lowest BCUT2D eigenvalue weighted by molar-refractivity contribution is 0.169. The predicted octanol–water partition coefficient (Wildman–Crippen LogP) is 2.76. The molecule has 0 aliphatic carbocycles. The highest BCUT2D eigenvalue weighted by atomic mass is 32.2. The fourth-order valence-corrected chi connectivity index (χ4v) is 2.93. The van der Waals surface area contributed by atoms with Crippen LogP contribution in [0.15, 0.2) is 29.2 Å². The molecule has 1 N–H and O–H groups in total. The first-order valence-electron chi connectivity index (χ1n) is 6.44. The maximum Gasteiger partial charge on any atom is 0.0346 e. The number of nitrogens with zero attached hydrogens (tertiary/aromatic N) is 1. The molecule has 94 valence electrons. The van der Waals surface area contributed by atoms with Crippen molar-refractivity contribution in [2.45, 2.75) is 24.3 Å². The number of benzene rings is 1. The summed E-state index contributed by atoms with van der Waals surface area (Å²) in [4.78, 5) is 3.95. The molecule has 0 saturated carbocycles. The number of piperazine rings is 1. The van der Waals surface area contributed by atoms with Crippen LogP contribution in [0.5, 0.6) is 0 Å². The Labute approximate surface area is 109 Å². The van der Waals surface area contributed by atoms with E-state index in [1.54, 1.807) is 0 Å². The van der Waals surface area contributed by atoms with Gasteiger partial charge in [-0.1, -0.05) is 19.1 Å². The van der Waals surface area contributed by atoms with Gasteiger partial charge in [0, 0.05) is 37.1 Å². The number of thioether (sulfide) groups is 1. The summed E-state index contributed by atoms with van der Waals surface area (Å²) in [7, 11) is 0. The van der Waals surface area contributed by atoms with Crippen molar-refractivity contribution in [3.8, 4) is 0 Å². The quantitative estimate of drug-likeness (QED) is 0.827. The maximum absolute atomic E-state index is 3.42. The topological polar surface area (TPSA) is 15.3 Å². The maximum atomic E-state index is 3.42. The first-order valence-corrected chi connectivity index (χ1v) is 7.66. The molecule has 0 unspecified atom stereocenters. The summed E-state index contributed by atoms with van der Waals surface area (Å²) in [5, 5.41) is 3.42. The van der Waals surface area contributed by atoms with Gasteiger partial charge in [-0.25, -0.2) is 0 Å². The molecular weight excluding hydrogens is 228 g/mol. The normalized spacial score (nSPS) is 19.2. The molecule has 1 aromatic rings. The second-order valence-electron chi connectivity index (χ2n) is 4.48. The summed E-state index contributed by atoms with van der Waals surface area (Å²) >= 11 is 1.81. The summed E-state index contributed by atoms with van der Waals surface area (Å²) in [5.41, 5.74) is 1.47.